The molecule has 2 aromatic heterocycles. The molecule has 1 aromatic carbocycles. The molecule has 0 aliphatic rings. The first kappa shape index (κ1) is 12.9. The lowest BCUT2D eigenvalue weighted by Gasteiger charge is -2.12. The molecule has 0 bridgehead atoms. The van der Waals surface area contributed by atoms with Gasteiger partial charge < -0.3 is 14.3 Å². The van der Waals surface area contributed by atoms with Crippen LogP contribution in [0.1, 0.15) is 18.7 Å². The van der Waals surface area contributed by atoms with Crippen molar-refractivity contribution in [2.75, 3.05) is 6.54 Å². The monoisotopic (exact) mass is 272 g/mol. The highest BCUT2D eigenvalue weighted by molar-refractivity contribution is 5.80. The Labute approximate surface area is 117 Å². The lowest BCUT2D eigenvalue weighted by atomic mass is 10.2. The Bertz CT molecular complexity index is 688. The van der Waals surface area contributed by atoms with Gasteiger partial charge in [-0.1, -0.05) is 0 Å². The zero-order valence-corrected chi connectivity index (χ0v) is 11.3. The number of furan rings is 1. The van der Waals surface area contributed by atoms with Crippen molar-refractivity contribution in [1.82, 2.24) is 9.88 Å². The van der Waals surface area contributed by atoms with Gasteiger partial charge >= 0.3 is 0 Å². The maximum atomic E-state index is 13.3. The highest BCUT2D eigenvalue weighted by Gasteiger charge is 2.07. The molecule has 0 radical (unpaired) electrons. The van der Waals surface area contributed by atoms with Crippen LogP contribution in [-0.4, -0.2) is 11.1 Å². The summed E-state index contributed by atoms with van der Waals surface area (Å²) in [6.07, 6.45) is 3.67. The number of benzene rings is 1. The molecule has 104 valence electrons. The number of hydrogen-bond acceptors (Lipinski definition) is 2. The molecule has 4 heteroatoms. The van der Waals surface area contributed by atoms with E-state index in [1.807, 2.05) is 24.4 Å². The molecule has 3 rings (SSSR count). The highest BCUT2D eigenvalue weighted by Crippen LogP contribution is 2.17. The van der Waals surface area contributed by atoms with E-state index in [1.54, 1.807) is 18.4 Å². The summed E-state index contributed by atoms with van der Waals surface area (Å²) in [5.41, 5.74) is 0.928. The fourth-order valence-corrected chi connectivity index (χ4v) is 2.39. The molecule has 0 amide bonds. The van der Waals surface area contributed by atoms with Crippen LogP contribution < -0.4 is 5.32 Å². The van der Waals surface area contributed by atoms with E-state index in [1.165, 1.54) is 6.07 Å². The first-order chi connectivity index (χ1) is 9.74. The van der Waals surface area contributed by atoms with Gasteiger partial charge in [0.1, 0.15) is 11.6 Å². The summed E-state index contributed by atoms with van der Waals surface area (Å²) in [6, 6.07) is 10.9. The molecule has 3 nitrogen and oxygen atoms in total. The van der Waals surface area contributed by atoms with Crippen LogP contribution in [0.25, 0.3) is 10.9 Å². The molecular weight excluding hydrogens is 255 g/mol. The van der Waals surface area contributed by atoms with E-state index in [0.717, 1.165) is 29.8 Å². The van der Waals surface area contributed by atoms with Crippen LogP contribution in [0.3, 0.4) is 0 Å². The van der Waals surface area contributed by atoms with E-state index >= 15 is 0 Å². The minimum Gasteiger partial charge on any atom is -0.468 e. The quantitative estimate of drug-likeness (QED) is 0.767. The summed E-state index contributed by atoms with van der Waals surface area (Å²) in [5.74, 6) is 0.725. The molecular formula is C16H17FN2O. The lowest BCUT2D eigenvalue weighted by Crippen LogP contribution is -2.22. The molecule has 0 fully saturated rings. The number of nitrogens with zero attached hydrogens (tertiary/aromatic N) is 1. The van der Waals surface area contributed by atoms with Crippen LogP contribution in [-0.2, 0) is 6.54 Å². The van der Waals surface area contributed by atoms with Gasteiger partial charge in [0.25, 0.3) is 0 Å². The first-order valence-corrected chi connectivity index (χ1v) is 6.75. The van der Waals surface area contributed by atoms with Crippen LogP contribution in [0.4, 0.5) is 4.39 Å². The third kappa shape index (κ3) is 2.60. The van der Waals surface area contributed by atoms with Gasteiger partial charge in [-0.25, -0.2) is 4.39 Å². The normalized spacial score (nSPS) is 12.9. The van der Waals surface area contributed by atoms with Crippen molar-refractivity contribution in [3.63, 3.8) is 0 Å². The van der Waals surface area contributed by atoms with Crippen molar-refractivity contribution in [2.45, 2.75) is 19.5 Å². The standard InChI is InChI=1S/C16H17FN2O/c1-12(16-3-2-10-20-16)18-7-9-19-8-6-13-4-5-14(17)11-15(13)19/h2-6,8,10-12,18H,7,9H2,1H3. The Morgan fingerprint density at radius 2 is 2.20 bits per heavy atom. The van der Waals surface area contributed by atoms with Crippen molar-refractivity contribution in [1.29, 1.82) is 0 Å². The predicted octanol–water partition coefficient (Wildman–Crippen LogP) is 3.72. The summed E-state index contributed by atoms with van der Waals surface area (Å²) in [4.78, 5) is 0. The van der Waals surface area contributed by atoms with Gasteiger partial charge in [-0.15, -0.1) is 0 Å². The SMILES string of the molecule is CC(NCCn1ccc2ccc(F)cc21)c1ccco1. The molecule has 1 unspecified atom stereocenters. The molecule has 3 aromatic rings. The summed E-state index contributed by atoms with van der Waals surface area (Å²) >= 11 is 0. The molecule has 1 N–H and O–H groups in total. The summed E-state index contributed by atoms with van der Waals surface area (Å²) < 4.78 is 20.7. The fourth-order valence-electron chi connectivity index (χ4n) is 2.39. The van der Waals surface area contributed by atoms with Gasteiger partial charge in [0, 0.05) is 19.3 Å². The molecule has 0 saturated heterocycles. The Balaban J connectivity index is 1.64. The van der Waals surface area contributed by atoms with Crippen LogP contribution in [0.2, 0.25) is 0 Å². The van der Waals surface area contributed by atoms with Crippen LogP contribution in [0.5, 0.6) is 0 Å². The first-order valence-electron chi connectivity index (χ1n) is 6.75. The number of rotatable bonds is 5. The van der Waals surface area contributed by atoms with Crippen LogP contribution in [0.15, 0.2) is 53.3 Å². The average molecular weight is 272 g/mol. The van der Waals surface area contributed by atoms with Crippen LogP contribution >= 0.6 is 0 Å². The van der Waals surface area contributed by atoms with Gasteiger partial charge in [-0.05, 0) is 48.7 Å². The van der Waals surface area contributed by atoms with Gasteiger partial charge in [0.2, 0.25) is 0 Å². The molecule has 0 aliphatic carbocycles. The minimum absolute atomic E-state index is 0.170. The second-order valence-electron chi connectivity index (χ2n) is 4.90. The fraction of sp³-hybridized carbons (Fsp3) is 0.250. The summed E-state index contributed by atoms with van der Waals surface area (Å²) in [5, 5.41) is 4.45. The maximum Gasteiger partial charge on any atom is 0.125 e. The number of aromatic nitrogens is 1. The molecule has 1 atom stereocenters. The molecule has 0 spiro atoms. The smallest absolute Gasteiger partial charge is 0.125 e. The van der Waals surface area contributed by atoms with Gasteiger partial charge in [0.05, 0.1) is 17.8 Å². The van der Waals surface area contributed by atoms with Gasteiger partial charge in [-0.2, -0.15) is 0 Å². The van der Waals surface area contributed by atoms with Gasteiger partial charge in [-0.3, -0.25) is 0 Å². The maximum absolute atomic E-state index is 13.3. The van der Waals surface area contributed by atoms with Crippen LogP contribution in [0, 0.1) is 5.82 Å². The number of nitrogens with one attached hydrogen (secondary N) is 1. The van der Waals surface area contributed by atoms with Crippen molar-refractivity contribution in [3.8, 4) is 0 Å². The Morgan fingerprint density at radius 1 is 1.30 bits per heavy atom. The molecule has 20 heavy (non-hydrogen) atoms. The Morgan fingerprint density at radius 3 is 3.00 bits per heavy atom. The number of hydrogen-bond donors (Lipinski definition) is 1. The van der Waals surface area contributed by atoms with Crippen molar-refractivity contribution >= 4 is 10.9 Å². The topological polar surface area (TPSA) is 30.1 Å². The highest BCUT2D eigenvalue weighted by atomic mass is 19.1. The largest absolute Gasteiger partial charge is 0.468 e. The second-order valence-corrected chi connectivity index (χ2v) is 4.90. The molecule has 0 aliphatic heterocycles. The third-order valence-corrected chi connectivity index (χ3v) is 3.51. The van der Waals surface area contributed by atoms with Crippen molar-refractivity contribution < 1.29 is 8.81 Å². The Hall–Kier alpha value is -2.07. The summed E-state index contributed by atoms with van der Waals surface area (Å²) in [6.45, 7) is 3.65. The average Bonchev–Trinajstić information content (AvgIpc) is 3.08. The number of fused-ring (bicyclic) bond motifs is 1. The van der Waals surface area contributed by atoms with E-state index in [9.17, 15) is 4.39 Å². The van der Waals surface area contributed by atoms with Gasteiger partial charge in [0.15, 0.2) is 0 Å². The van der Waals surface area contributed by atoms with E-state index < -0.39 is 0 Å². The summed E-state index contributed by atoms with van der Waals surface area (Å²) in [7, 11) is 0. The van der Waals surface area contributed by atoms with Crippen molar-refractivity contribution in [3.05, 3.63) is 60.4 Å². The third-order valence-electron chi connectivity index (χ3n) is 3.51. The minimum atomic E-state index is -0.200. The lowest BCUT2D eigenvalue weighted by molar-refractivity contribution is 0.424. The van der Waals surface area contributed by atoms with E-state index in [0.29, 0.717) is 0 Å². The van der Waals surface area contributed by atoms with E-state index in [-0.39, 0.29) is 11.9 Å². The molecule has 2 heterocycles. The number of halogens is 1. The van der Waals surface area contributed by atoms with Crippen molar-refractivity contribution in [2.24, 2.45) is 0 Å². The predicted molar refractivity (Wildman–Crippen MR) is 77.0 cm³/mol. The van der Waals surface area contributed by atoms with E-state index in [4.69, 9.17) is 4.42 Å². The molecule has 0 saturated carbocycles. The zero-order chi connectivity index (χ0) is 13.9. The zero-order valence-electron chi connectivity index (χ0n) is 11.3. The van der Waals surface area contributed by atoms with E-state index in [2.05, 4.69) is 16.8 Å². The Kier molecular flexibility index (Phi) is 3.56. The second kappa shape index (κ2) is 5.51.